The van der Waals surface area contributed by atoms with E-state index in [9.17, 15) is 9.59 Å². The molecule has 0 atom stereocenters. The third-order valence-corrected chi connectivity index (χ3v) is 5.49. The topological polar surface area (TPSA) is 90.5 Å². The lowest BCUT2D eigenvalue weighted by atomic mass is 10.1. The van der Waals surface area contributed by atoms with Crippen LogP contribution in [-0.2, 0) is 9.53 Å². The Bertz CT molecular complexity index is 1300. The summed E-state index contributed by atoms with van der Waals surface area (Å²) in [5, 5.41) is 7.46. The summed E-state index contributed by atoms with van der Waals surface area (Å²) in [6.45, 7) is 4.51. The maximum atomic E-state index is 12.5. The zero-order chi connectivity index (χ0) is 23.4. The van der Waals surface area contributed by atoms with Crippen molar-refractivity contribution in [3.63, 3.8) is 0 Å². The minimum atomic E-state index is -0.234. The molecule has 3 heterocycles. The van der Waals surface area contributed by atoms with Gasteiger partial charge in [-0.15, -0.1) is 0 Å². The zero-order valence-electron chi connectivity index (χ0n) is 19.0. The number of aromatic nitrogens is 4. The van der Waals surface area contributed by atoms with Crippen LogP contribution >= 0.6 is 0 Å². The van der Waals surface area contributed by atoms with Gasteiger partial charge >= 0.3 is 5.97 Å². The molecule has 0 aliphatic heterocycles. The third kappa shape index (κ3) is 4.95. The number of fused-ring (bicyclic) bond motifs is 1. The number of nitrogens with zero attached hydrogens (tertiary/aromatic N) is 4. The van der Waals surface area contributed by atoms with Crippen LogP contribution in [0.1, 0.15) is 41.0 Å². The maximum absolute atomic E-state index is 12.5. The lowest BCUT2D eigenvalue weighted by Crippen LogP contribution is -2.24. The van der Waals surface area contributed by atoms with Crippen LogP contribution in [0.3, 0.4) is 0 Å². The van der Waals surface area contributed by atoms with Gasteiger partial charge in [-0.2, -0.15) is 5.10 Å². The average molecular weight is 446 g/mol. The number of carbonyl (C=O) groups is 2. The highest BCUT2D eigenvalue weighted by molar-refractivity contribution is 5.95. The predicted octanol–water partition coefficient (Wildman–Crippen LogP) is 3.88. The fraction of sp³-hybridized carbons (Fsp3) is 0.280. The first-order valence-corrected chi connectivity index (χ1v) is 10.9. The molecule has 0 fully saturated rings. The van der Waals surface area contributed by atoms with Gasteiger partial charge in [-0.25, -0.2) is 9.67 Å². The molecule has 8 heteroatoms. The van der Waals surface area contributed by atoms with Crippen LogP contribution in [0.15, 0.2) is 54.9 Å². The average Bonchev–Trinajstić information content (AvgIpc) is 3.40. The Hall–Kier alpha value is -3.94. The van der Waals surface area contributed by atoms with Gasteiger partial charge in [-0.3, -0.25) is 14.0 Å². The summed E-state index contributed by atoms with van der Waals surface area (Å²) in [4.78, 5) is 28.2. The summed E-state index contributed by atoms with van der Waals surface area (Å²) in [6.07, 6.45) is 5.41. The van der Waals surface area contributed by atoms with E-state index < -0.39 is 0 Å². The van der Waals surface area contributed by atoms with E-state index in [1.807, 2.05) is 59.6 Å². The van der Waals surface area contributed by atoms with E-state index >= 15 is 0 Å². The second kappa shape index (κ2) is 9.68. The van der Waals surface area contributed by atoms with Crippen molar-refractivity contribution in [1.29, 1.82) is 0 Å². The van der Waals surface area contributed by atoms with E-state index in [-0.39, 0.29) is 11.9 Å². The van der Waals surface area contributed by atoms with Gasteiger partial charge < -0.3 is 10.1 Å². The SMILES string of the molecule is COC(=O)CCCCNC(=O)c1ccn2c(-c3cccc(-n4nc(C)cc4C)c3)cnc2c1. The third-order valence-electron chi connectivity index (χ3n) is 5.49. The van der Waals surface area contributed by atoms with E-state index in [2.05, 4.69) is 26.2 Å². The van der Waals surface area contributed by atoms with Crippen molar-refractivity contribution in [3.05, 3.63) is 71.8 Å². The Labute approximate surface area is 192 Å². The number of rotatable bonds is 8. The molecule has 33 heavy (non-hydrogen) atoms. The fourth-order valence-corrected chi connectivity index (χ4v) is 3.82. The maximum Gasteiger partial charge on any atom is 0.305 e. The Balaban J connectivity index is 1.48. The van der Waals surface area contributed by atoms with Gasteiger partial charge in [0.05, 0.1) is 30.4 Å². The number of imidazole rings is 1. The number of aryl methyl sites for hydroxylation is 2. The normalized spacial score (nSPS) is 11.0. The van der Waals surface area contributed by atoms with Crippen molar-refractivity contribution in [2.24, 2.45) is 0 Å². The first-order chi connectivity index (χ1) is 16.0. The Morgan fingerprint density at radius 1 is 1.09 bits per heavy atom. The highest BCUT2D eigenvalue weighted by atomic mass is 16.5. The van der Waals surface area contributed by atoms with Crippen LogP contribution in [-0.4, -0.2) is 44.7 Å². The Morgan fingerprint density at radius 3 is 2.70 bits per heavy atom. The van der Waals surface area contributed by atoms with Crippen LogP contribution in [0.4, 0.5) is 0 Å². The molecule has 0 unspecified atom stereocenters. The van der Waals surface area contributed by atoms with Gasteiger partial charge in [0, 0.05) is 36.0 Å². The molecule has 4 rings (SSSR count). The molecule has 0 bridgehead atoms. The summed E-state index contributed by atoms with van der Waals surface area (Å²) in [7, 11) is 1.37. The second-order valence-corrected chi connectivity index (χ2v) is 7.97. The quantitative estimate of drug-likeness (QED) is 0.328. The number of carbonyl (C=O) groups excluding carboxylic acids is 2. The minimum absolute atomic E-state index is 0.161. The molecular formula is C25H27N5O3. The minimum Gasteiger partial charge on any atom is -0.469 e. The van der Waals surface area contributed by atoms with E-state index in [1.165, 1.54) is 7.11 Å². The first kappa shape index (κ1) is 22.3. The molecule has 8 nitrogen and oxygen atoms in total. The molecule has 170 valence electrons. The molecule has 3 aromatic heterocycles. The van der Waals surface area contributed by atoms with E-state index in [4.69, 9.17) is 0 Å². The van der Waals surface area contributed by atoms with E-state index in [1.54, 1.807) is 12.1 Å². The van der Waals surface area contributed by atoms with Crippen molar-refractivity contribution in [2.75, 3.05) is 13.7 Å². The van der Waals surface area contributed by atoms with E-state index in [0.717, 1.165) is 28.3 Å². The second-order valence-electron chi connectivity index (χ2n) is 7.97. The largest absolute Gasteiger partial charge is 0.469 e. The highest BCUT2D eigenvalue weighted by Gasteiger charge is 2.12. The number of benzene rings is 1. The number of amides is 1. The van der Waals surface area contributed by atoms with Crippen molar-refractivity contribution in [2.45, 2.75) is 33.1 Å². The van der Waals surface area contributed by atoms with Crippen LogP contribution in [0.25, 0.3) is 22.6 Å². The number of ether oxygens (including phenoxy) is 1. The molecule has 0 saturated heterocycles. The van der Waals surface area contributed by atoms with Crippen molar-refractivity contribution < 1.29 is 14.3 Å². The number of esters is 1. The number of unbranched alkanes of at least 4 members (excludes halogenated alkanes) is 1. The molecule has 0 saturated carbocycles. The zero-order valence-corrected chi connectivity index (χ0v) is 19.0. The Kier molecular flexibility index (Phi) is 6.53. The number of hydrogen-bond acceptors (Lipinski definition) is 5. The number of nitrogens with one attached hydrogen (secondary N) is 1. The molecule has 1 amide bonds. The van der Waals surface area contributed by atoms with Crippen LogP contribution < -0.4 is 5.32 Å². The fourth-order valence-electron chi connectivity index (χ4n) is 3.82. The monoisotopic (exact) mass is 445 g/mol. The summed E-state index contributed by atoms with van der Waals surface area (Å²) < 4.78 is 8.51. The summed E-state index contributed by atoms with van der Waals surface area (Å²) in [5.41, 5.74) is 6.21. The Morgan fingerprint density at radius 2 is 1.94 bits per heavy atom. The summed E-state index contributed by atoms with van der Waals surface area (Å²) >= 11 is 0. The van der Waals surface area contributed by atoms with Gasteiger partial charge in [-0.05, 0) is 57.0 Å². The molecule has 1 N–H and O–H groups in total. The van der Waals surface area contributed by atoms with Crippen molar-refractivity contribution in [3.8, 4) is 16.9 Å². The van der Waals surface area contributed by atoms with E-state index in [0.29, 0.717) is 37.0 Å². The van der Waals surface area contributed by atoms with Crippen LogP contribution in [0, 0.1) is 13.8 Å². The molecule has 0 radical (unpaired) electrons. The number of pyridine rings is 1. The smallest absolute Gasteiger partial charge is 0.305 e. The standard InChI is InChI=1S/C25H27N5O3/c1-17-13-18(2)30(28-17)21-8-6-7-19(14-21)22-16-27-23-15-20(10-12-29(22)23)25(32)26-11-5-4-9-24(31)33-3/h6-8,10,12-16H,4-5,9,11H2,1-3H3,(H,26,32). The van der Waals surface area contributed by atoms with Crippen molar-refractivity contribution >= 4 is 17.5 Å². The van der Waals surface area contributed by atoms with Crippen LogP contribution in [0.2, 0.25) is 0 Å². The summed E-state index contributed by atoms with van der Waals surface area (Å²) in [6, 6.07) is 13.8. The lowest BCUT2D eigenvalue weighted by Gasteiger charge is -2.08. The highest BCUT2D eigenvalue weighted by Crippen LogP contribution is 2.24. The van der Waals surface area contributed by atoms with Gasteiger partial charge in [0.1, 0.15) is 5.65 Å². The van der Waals surface area contributed by atoms with Gasteiger partial charge in [0.25, 0.3) is 5.91 Å². The van der Waals surface area contributed by atoms with Gasteiger partial charge in [0.2, 0.25) is 0 Å². The summed E-state index contributed by atoms with van der Waals surface area (Å²) in [5.74, 6) is -0.395. The molecular weight excluding hydrogens is 418 g/mol. The molecule has 0 aliphatic rings. The lowest BCUT2D eigenvalue weighted by molar-refractivity contribution is -0.140. The number of hydrogen-bond donors (Lipinski definition) is 1. The molecule has 4 aromatic rings. The van der Waals surface area contributed by atoms with Gasteiger partial charge in [0.15, 0.2) is 0 Å². The first-order valence-electron chi connectivity index (χ1n) is 10.9. The molecule has 1 aromatic carbocycles. The molecule has 0 aliphatic carbocycles. The number of methoxy groups -OCH3 is 1. The van der Waals surface area contributed by atoms with Gasteiger partial charge in [-0.1, -0.05) is 12.1 Å². The van der Waals surface area contributed by atoms with Crippen molar-refractivity contribution in [1.82, 2.24) is 24.5 Å². The van der Waals surface area contributed by atoms with Crippen LogP contribution in [0.5, 0.6) is 0 Å². The predicted molar refractivity (Wildman–Crippen MR) is 125 cm³/mol. The molecule has 0 spiro atoms.